The summed E-state index contributed by atoms with van der Waals surface area (Å²) in [5.41, 5.74) is 1.34. The van der Waals surface area contributed by atoms with Crippen LogP contribution >= 0.6 is 11.6 Å². The number of hydrogen-bond donors (Lipinski definition) is 2. The quantitative estimate of drug-likeness (QED) is 0.747. The van der Waals surface area contributed by atoms with Gasteiger partial charge in [0.25, 0.3) is 5.91 Å². The van der Waals surface area contributed by atoms with Crippen molar-refractivity contribution in [3.8, 4) is 0 Å². The van der Waals surface area contributed by atoms with Gasteiger partial charge in [-0.1, -0.05) is 48.0 Å². The van der Waals surface area contributed by atoms with Gasteiger partial charge in [0.05, 0.1) is 12.6 Å². The Morgan fingerprint density at radius 3 is 2.75 bits per heavy atom. The predicted octanol–water partition coefficient (Wildman–Crippen LogP) is 2.92. The number of hydrogen-bond acceptors (Lipinski definition) is 4. The first kappa shape index (κ1) is 16.2. The molecule has 0 fully saturated rings. The highest BCUT2D eigenvalue weighted by Crippen LogP contribution is 2.16. The van der Waals surface area contributed by atoms with E-state index in [1.54, 1.807) is 24.3 Å². The zero-order valence-corrected chi connectivity index (χ0v) is 13.4. The summed E-state index contributed by atoms with van der Waals surface area (Å²) < 4.78 is 1.44. The number of aliphatic hydroxyl groups excluding tert-OH is 1. The Bertz CT molecular complexity index is 835. The Morgan fingerprint density at radius 1 is 1.21 bits per heavy atom. The van der Waals surface area contributed by atoms with Gasteiger partial charge in [-0.15, -0.1) is 5.10 Å². The van der Waals surface area contributed by atoms with Crippen molar-refractivity contribution in [2.45, 2.75) is 12.6 Å². The number of aromatic nitrogens is 3. The van der Waals surface area contributed by atoms with Gasteiger partial charge in [-0.2, -0.15) is 0 Å². The second-order valence-electron chi connectivity index (χ2n) is 5.18. The van der Waals surface area contributed by atoms with E-state index in [2.05, 4.69) is 15.4 Å². The SMILES string of the molecule is O=C(Nc1cccc(Cl)c1)c1ncn(CC(O)c2ccccc2)n1. The van der Waals surface area contributed by atoms with Crippen LogP contribution in [0.3, 0.4) is 0 Å². The summed E-state index contributed by atoms with van der Waals surface area (Å²) in [7, 11) is 0. The van der Waals surface area contributed by atoms with Crippen LogP contribution in [0.25, 0.3) is 0 Å². The molecule has 2 N–H and O–H groups in total. The third kappa shape index (κ3) is 3.98. The van der Waals surface area contributed by atoms with Crippen LogP contribution in [-0.4, -0.2) is 25.8 Å². The minimum Gasteiger partial charge on any atom is -0.386 e. The largest absolute Gasteiger partial charge is 0.386 e. The van der Waals surface area contributed by atoms with E-state index < -0.39 is 12.0 Å². The maximum absolute atomic E-state index is 12.1. The fourth-order valence-corrected chi connectivity index (χ4v) is 2.39. The number of benzene rings is 2. The monoisotopic (exact) mass is 342 g/mol. The molecule has 0 saturated heterocycles. The van der Waals surface area contributed by atoms with Crippen LogP contribution in [0.15, 0.2) is 60.9 Å². The van der Waals surface area contributed by atoms with E-state index in [4.69, 9.17) is 11.6 Å². The van der Waals surface area contributed by atoms with Crippen LogP contribution in [0.1, 0.15) is 22.3 Å². The Labute approximate surface area is 143 Å². The fraction of sp³-hybridized carbons (Fsp3) is 0.118. The van der Waals surface area contributed by atoms with Crippen molar-refractivity contribution in [2.75, 3.05) is 5.32 Å². The first-order valence-electron chi connectivity index (χ1n) is 7.31. The molecule has 24 heavy (non-hydrogen) atoms. The van der Waals surface area contributed by atoms with Crippen LogP contribution in [0.2, 0.25) is 5.02 Å². The summed E-state index contributed by atoms with van der Waals surface area (Å²) in [6.07, 6.45) is 0.690. The Hall–Kier alpha value is -2.70. The zero-order chi connectivity index (χ0) is 16.9. The third-order valence-electron chi connectivity index (χ3n) is 3.37. The lowest BCUT2D eigenvalue weighted by atomic mass is 10.1. The van der Waals surface area contributed by atoms with Crippen LogP contribution in [0.4, 0.5) is 5.69 Å². The highest BCUT2D eigenvalue weighted by atomic mass is 35.5. The molecule has 3 rings (SSSR count). The van der Waals surface area contributed by atoms with Crippen molar-refractivity contribution >= 4 is 23.2 Å². The van der Waals surface area contributed by atoms with Gasteiger partial charge in [-0.25, -0.2) is 9.67 Å². The second-order valence-corrected chi connectivity index (χ2v) is 5.62. The van der Waals surface area contributed by atoms with E-state index in [0.29, 0.717) is 10.7 Å². The van der Waals surface area contributed by atoms with Gasteiger partial charge in [0.15, 0.2) is 0 Å². The van der Waals surface area contributed by atoms with Crippen molar-refractivity contribution in [1.29, 1.82) is 0 Å². The van der Waals surface area contributed by atoms with E-state index in [1.165, 1.54) is 11.0 Å². The molecule has 3 aromatic rings. The number of nitrogens with zero attached hydrogens (tertiary/aromatic N) is 3. The first-order valence-corrected chi connectivity index (χ1v) is 7.69. The number of carbonyl (C=O) groups excluding carboxylic acids is 1. The molecule has 1 aromatic heterocycles. The highest BCUT2D eigenvalue weighted by molar-refractivity contribution is 6.30. The Balaban J connectivity index is 1.65. The molecular weight excluding hydrogens is 328 g/mol. The molecule has 0 spiro atoms. The molecule has 0 radical (unpaired) electrons. The van der Waals surface area contributed by atoms with Crippen molar-refractivity contribution in [2.24, 2.45) is 0 Å². The average molecular weight is 343 g/mol. The van der Waals surface area contributed by atoms with E-state index in [0.717, 1.165) is 5.56 Å². The Morgan fingerprint density at radius 2 is 2.00 bits per heavy atom. The second kappa shape index (κ2) is 7.25. The first-order chi connectivity index (χ1) is 11.6. The average Bonchev–Trinajstić information content (AvgIpc) is 3.04. The molecule has 0 aliphatic heterocycles. The zero-order valence-electron chi connectivity index (χ0n) is 12.6. The maximum atomic E-state index is 12.1. The van der Waals surface area contributed by atoms with Gasteiger partial charge < -0.3 is 10.4 Å². The van der Waals surface area contributed by atoms with Crippen LogP contribution in [0.5, 0.6) is 0 Å². The highest BCUT2D eigenvalue weighted by Gasteiger charge is 2.14. The van der Waals surface area contributed by atoms with Gasteiger partial charge in [-0.3, -0.25) is 4.79 Å². The molecule has 6 nitrogen and oxygen atoms in total. The smallest absolute Gasteiger partial charge is 0.295 e. The summed E-state index contributed by atoms with van der Waals surface area (Å²) >= 11 is 5.88. The predicted molar refractivity (Wildman–Crippen MR) is 90.8 cm³/mol. The molecule has 7 heteroatoms. The number of halogens is 1. The number of amides is 1. The van der Waals surface area contributed by atoms with Gasteiger partial charge in [0.1, 0.15) is 6.33 Å². The van der Waals surface area contributed by atoms with Crippen molar-refractivity contribution in [1.82, 2.24) is 14.8 Å². The molecular formula is C17H15ClN4O2. The van der Waals surface area contributed by atoms with Crippen LogP contribution in [0, 0.1) is 0 Å². The molecule has 0 aliphatic rings. The number of rotatable bonds is 5. The number of anilines is 1. The number of nitrogens with one attached hydrogen (secondary N) is 1. The van der Waals surface area contributed by atoms with Crippen LogP contribution < -0.4 is 5.32 Å². The molecule has 0 bridgehead atoms. The summed E-state index contributed by atoms with van der Waals surface area (Å²) in [6, 6.07) is 16.0. The van der Waals surface area contributed by atoms with E-state index in [-0.39, 0.29) is 12.4 Å². The lowest BCUT2D eigenvalue weighted by Gasteiger charge is -2.10. The molecule has 0 aliphatic carbocycles. The normalized spacial score (nSPS) is 11.9. The number of aliphatic hydroxyl groups is 1. The lowest BCUT2D eigenvalue weighted by Crippen LogP contribution is -2.15. The molecule has 1 atom stereocenters. The molecule has 0 saturated carbocycles. The maximum Gasteiger partial charge on any atom is 0.295 e. The summed E-state index contributed by atoms with van der Waals surface area (Å²) in [5.74, 6) is -0.416. The molecule has 1 heterocycles. The van der Waals surface area contributed by atoms with Gasteiger partial charge >= 0.3 is 0 Å². The summed E-state index contributed by atoms with van der Waals surface area (Å²) in [4.78, 5) is 16.1. The molecule has 1 unspecified atom stereocenters. The van der Waals surface area contributed by atoms with Crippen molar-refractivity contribution < 1.29 is 9.90 Å². The summed E-state index contributed by atoms with van der Waals surface area (Å²) in [6.45, 7) is 0.210. The number of carbonyl (C=O) groups is 1. The van der Waals surface area contributed by atoms with E-state index in [9.17, 15) is 9.90 Å². The topological polar surface area (TPSA) is 80.0 Å². The van der Waals surface area contributed by atoms with Crippen molar-refractivity contribution in [3.63, 3.8) is 0 Å². The standard InChI is InChI=1S/C17H15ClN4O2/c18-13-7-4-8-14(9-13)20-17(24)16-19-11-22(21-16)10-15(23)12-5-2-1-3-6-12/h1-9,11,15,23H,10H2,(H,20,24). The third-order valence-corrected chi connectivity index (χ3v) is 3.60. The summed E-state index contributed by atoms with van der Waals surface area (Å²) in [5, 5.41) is 17.5. The van der Waals surface area contributed by atoms with Gasteiger partial charge in [-0.05, 0) is 23.8 Å². The minimum atomic E-state index is -0.725. The lowest BCUT2D eigenvalue weighted by molar-refractivity contribution is 0.101. The fourth-order valence-electron chi connectivity index (χ4n) is 2.20. The molecule has 1 amide bonds. The Kier molecular flexibility index (Phi) is 4.88. The molecule has 2 aromatic carbocycles. The van der Waals surface area contributed by atoms with E-state index >= 15 is 0 Å². The van der Waals surface area contributed by atoms with E-state index in [1.807, 2.05) is 30.3 Å². The van der Waals surface area contributed by atoms with Gasteiger partial charge in [0, 0.05) is 10.7 Å². The molecule has 122 valence electrons. The van der Waals surface area contributed by atoms with Crippen molar-refractivity contribution in [3.05, 3.63) is 77.3 Å². The minimum absolute atomic E-state index is 0.0234. The van der Waals surface area contributed by atoms with Gasteiger partial charge in [0.2, 0.25) is 5.82 Å². The van der Waals surface area contributed by atoms with Crippen LogP contribution in [-0.2, 0) is 6.54 Å².